The van der Waals surface area contributed by atoms with E-state index < -0.39 is 0 Å². The van der Waals surface area contributed by atoms with Crippen molar-refractivity contribution in [2.75, 3.05) is 31.6 Å². The monoisotopic (exact) mass is 296 g/mol. The van der Waals surface area contributed by atoms with Gasteiger partial charge in [0, 0.05) is 19.6 Å². The molecule has 1 aromatic carbocycles. The summed E-state index contributed by atoms with van der Waals surface area (Å²) in [6, 6.07) is 5.09. The van der Waals surface area contributed by atoms with Gasteiger partial charge in [-0.25, -0.2) is 4.39 Å². The Morgan fingerprint density at radius 1 is 1.33 bits per heavy atom. The Bertz CT molecular complexity index is 452. The second-order valence-electron chi connectivity index (χ2n) is 4.86. The van der Waals surface area contributed by atoms with Crippen LogP contribution in [-0.4, -0.2) is 32.7 Å². The molecule has 1 N–H and O–H groups in total. The lowest BCUT2D eigenvalue weighted by Crippen LogP contribution is -2.28. The van der Waals surface area contributed by atoms with Gasteiger partial charge in [0.2, 0.25) is 0 Å². The van der Waals surface area contributed by atoms with Crippen LogP contribution in [0.2, 0.25) is 0 Å². The van der Waals surface area contributed by atoms with Crippen molar-refractivity contribution < 1.29 is 13.9 Å². The first-order chi connectivity index (χ1) is 10.1. The van der Waals surface area contributed by atoms with Gasteiger partial charge >= 0.3 is 5.97 Å². The minimum Gasteiger partial charge on any atom is -0.466 e. The molecule has 0 saturated carbocycles. The van der Waals surface area contributed by atoms with Crippen LogP contribution in [-0.2, 0) is 16.1 Å². The van der Waals surface area contributed by atoms with Crippen LogP contribution in [0.25, 0.3) is 0 Å². The van der Waals surface area contributed by atoms with Crippen LogP contribution in [0.3, 0.4) is 0 Å². The van der Waals surface area contributed by atoms with E-state index >= 15 is 0 Å². The Morgan fingerprint density at radius 2 is 2.10 bits per heavy atom. The molecule has 0 saturated heterocycles. The molecular formula is C16H25FN2O2. The fourth-order valence-corrected chi connectivity index (χ4v) is 2.20. The Balaban J connectivity index is 2.83. The molecule has 4 nitrogen and oxygen atoms in total. The van der Waals surface area contributed by atoms with Gasteiger partial charge in [0.25, 0.3) is 0 Å². The first-order valence-corrected chi connectivity index (χ1v) is 7.45. The summed E-state index contributed by atoms with van der Waals surface area (Å²) < 4.78 is 19.0. The number of nitrogens with one attached hydrogen (secondary N) is 1. The lowest BCUT2D eigenvalue weighted by Gasteiger charge is -2.25. The molecule has 0 aliphatic heterocycles. The minimum absolute atomic E-state index is 0.245. The molecule has 21 heavy (non-hydrogen) atoms. The summed E-state index contributed by atoms with van der Waals surface area (Å²) in [5, 5.41) is 3.05. The van der Waals surface area contributed by atoms with Crippen molar-refractivity contribution in [2.45, 2.75) is 33.2 Å². The molecule has 0 bridgehead atoms. The predicted octanol–water partition coefficient (Wildman–Crippen LogP) is 2.71. The van der Waals surface area contributed by atoms with Gasteiger partial charge in [0.1, 0.15) is 5.82 Å². The number of hydrogen-bond donors (Lipinski definition) is 1. The maximum Gasteiger partial charge on any atom is 0.307 e. The second-order valence-corrected chi connectivity index (χ2v) is 4.86. The van der Waals surface area contributed by atoms with Crippen molar-refractivity contribution in [3.8, 4) is 0 Å². The fraction of sp³-hybridized carbons (Fsp3) is 0.562. The summed E-state index contributed by atoms with van der Waals surface area (Å²) >= 11 is 0. The topological polar surface area (TPSA) is 41.6 Å². The van der Waals surface area contributed by atoms with E-state index in [9.17, 15) is 9.18 Å². The van der Waals surface area contributed by atoms with Crippen molar-refractivity contribution in [2.24, 2.45) is 0 Å². The summed E-state index contributed by atoms with van der Waals surface area (Å²) in [5.41, 5.74) is 1.57. The van der Waals surface area contributed by atoms with E-state index in [1.165, 1.54) is 6.07 Å². The molecule has 0 aliphatic rings. The Hall–Kier alpha value is -1.62. The number of rotatable bonds is 9. The van der Waals surface area contributed by atoms with Crippen LogP contribution in [0.5, 0.6) is 0 Å². The van der Waals surface area contributed by atoms with E-state index in [-0.39, 0.29) is 18.2 Å². The SMILES string of the molecule is CCCN(CCC(=O)OCC)c1cc(CNC)ccc1F. The van der Waals surface area contributed by atoms with Crippen molar-refractivity contribution >= 4 is 11.7 Å². The van der Waals surface area contributed by atoms with Crippen LogP contribution in [0.15, 0.2) is 18.2 Å². The lowest BCUT2D eigenvalue weighted by molar-refractivity contribution is -0.142. The van der Waals surface area contributed by atoms with Gasteiger partial charge in [0.15, 0.2) is 0 Å². The first kappa shape index (κ1) is 17.4. The molecule has 0 spiro atoms. The van der Waals surface area contributed by atoms with Crippen LogP contribution < -0.4 is 10.2 Å². The highest BCUT2D eigenvalue weighted by Crippen LogP contribution is 2.22. The van der Waals surface area contributed by atoms with Crippen molar-refractivity contribution in [1.29, 1.82) is 0 Å². The van der Waals surface area contributed by atoms with Crippen LogP contribution in [0.1, 0.15) is 32.3 Å². The number of esters is 1. The molecule has 0 atom stereocenters. The normalized spacial score (nSPS) is 10.5. The number of carbonyl (C=O) groups is 1. The number of halogens is 1. The molecule has 0 aromatic heterocycles. The molecule has 1 aromatic rings. The van der Waals surface area contributed by atoms with Crippen molar-refractivity contribution in [3.05, 3.63) is 29.6 Å². The third-order valence-corrected chi connectivity index (χ3v) is 3.12. The maximum absolute atomic E-state index is 14.1. The number of benzene rings is 1. The molecular weight excluding hydrogens is 271 g/mol. The zero-order chi connectivity index (χ0) is 15.7. The second kappa shape index (κ2) is 9.34. The highest BCUT2D eigenvalue weighted by molar-refractivity contribution is 5.70. The van der Waals surface area contributed by atoms with E-state index in [0.717, 1.165) is 12.0 Å². The average Bonchev–Trinajstić information content (AvgIpc) is 2.46. The highest BCUT2D eigenvalue weighted by Gasteiger charge is 2.14. The summed E-state index contributed by atoms with van der Waals surface area (Å²) in [6.07, 6.45) is 1.15. The van der Waals surface area contributed by atoms with Crippen LogP contribution >= 0.6 is 0 Å². The smallest absolute Gasteiger partial charge is 0.307 e. The largest absolute Gasteiger partial charge is 0.466 e. The molecule has 5 heteroatoms. The number of anilines is 1. The summed E-state index contributed by atoms with van der Waals surface area (Å²) in [7, 11) is 1.85. The van der Waals surface area contributed by atoms with Gasteiger partial charge in [-0.3, -0.25) is 4.79 Å². The predicted molar refractivity (Wildman–Crippen MR) is 82.9 cm³/mol. The molecule has 0 aliphatic carbocycles. The van der Waals surface area contributed by atoms with Gasteiger partial charge in [-0.1, -0.05) is 13.0 Å². The number of ether oxygens (including phenoxy) is 1. The third-order valence-electron chi connectivity index (χ3n) is 3.12. The number of nitrogens with zero attached hydrogens (tertiary/aromatic N) is 1. The van der Waals surface area contributed by atoms with E-state index in [1.807, 2.05) is 24.9 Å². The minimum atomic E-state index is -0.257. The fourth-order valence-electron chi connectivity index (χ4n) is 2.20. The number of carbonyl (C=O) groups excluding carboxylic acids is 1. The van der Waals surface area contributed by atoms with Crippen molar-refractivity contribution in [3.63, 3.8) is 0 Å². The first-order valence-electron chi connectivity index (χ1n) is 7.45. The maximum atomic E-state index is 14.1. The van der Waals surface area contributed by atoms with E-state index in [2.05, 4.69) is 5.32 Å². The zero-order valence-electron chi connectivity index (χ0n) is 13.1. The highest BCUT2D eigenvalue weighted by atomic mass is 19.1. The van der Waals surface area contributed by atoms with E-state index in [1.54, 1.807) is 13.0 Å². The third kappa shape index (κ3) is 5.71. The Morgan fingerprint density at radius 3 is 2.71 bits per heavy atom. The molecule has 1 rings (SSSR count). The summed E-state index contributed by atoms with van der Waals surface area (Å²) in [4.78, 5) is 13.4. The van der Waals surface area contributed by atoms with E-state index in [0.29, 0.717) is 31.9 Å². The Labute approximate surface area is 126 Å². The van der Waals surface area contributed by atoms with Gasteiger partial charge in [-0.2, -0.15) is 0 Å². The zero-order valence-corrected chi connectivity index (χ0v) is 13.1. The van der Waals surface area contributed by atoms with Gasteiger partial charge < -0.3 is 15.0 Å². The molecule has 118 valence electrons. The summed E-state index contributed by atoms with van der Waals surface area (Å²) in [6.45, 7) is 6.05. The Kier molecular flexibility index (Phi) is 7.75. The molecule has 0 unspecified atom stereocenters. The lowest BCUT2D eigenvalue weighted by atomic mass is 10.1. The van der Waals surface area contributed by atoms with Crippen LogP contribution in [0.4, 0.5) is 10.1 Å². The molecule has 0 heterocycles. The quantitative estimate of drug-likeness (QED) is 0.711. The molecule has 0 amide bonds. The van der Waals surface area contributed by atoms with E-state index in [4.69, 9.17) is 4.74 Å². The molecule has 0 fully saturated rings. The molecule has 0 radical (unpaired) electrons. The van der Waals surface area contributed by atoms with Gasteiger partial charge in [-0.15, -0.1) is 0 Å². The van der Waals surface area contributed by atoms with Gasteiger partial charge in [0.05, 0.1) is 18.7 Å². The standard InChI is InChI=1S/C16H25FN2O2/c1-4-9-19(10-8-16(20)21-5-2)15-11-13(12-18-3)6-7-14(15)17/h6-7,11,18H,4-5,8-10,12H2,1-3H3. The average molecular weight is 296 g/mol. The van der Waals surface area contributed by atoms with Gasteiger partial charge in [-0.05, 0) is 38.1 Å². The number of hydrogen-bond acceptors (Lipinski definition) is 4. The van der Waals surface area contributed by atoms with Crippen molar-refractivity contribution in [1.82, 2.24) is 5.32 Å². The summed E-state index contributed by atoms with van der Waals surface area (Å²) in [5.74, 6) is -0.502. The van der Waals surface area contributed by atoms with Crippen LogP contribution in [0, 0.1) is 5.82 Å².